The van der Waals surface area contributed by atoms with Gasteiger partial charge in [0.15, 0.2) is 0 Å². The molecule has 12 heteroatoms. The van der Waals surface area contributed by atoms with Gasteiger partial charge >= 0.3 is 24.2 Å². The summed E-state index contributed by atoms with van der Waals surface area (Å²) in [7, 11) is 0. The van der Waals surface area contributed by atoms with Gasteiger partial charge in [0.2, 0.25) is 5.16 Å². The van der Waals surface area contributed by atoms with E-state index in [0.29, 0.717) is 0 Å². The highest BCUT2D eigenvalue weighted by Crippen LogP contribution is 2.48. The third-order valence-corrected chi connectivity index (χ3v) is 1.39. The van der Waals surface area contributed by atoms with Crippen molar-refractivity contribution >= 4 is 6.02 Å². The third kappa shape index (κ3) is 1.59. The van der Waals surface area contributed by atoms with Gasteiger partial charge < -0.3 is 14.9 Å². The average molecular weight is 254 g/mol. The van der Waals surface area contributed by atoms with E-state index < -0.39 is 29.1 Å². The monoisotopic (exact) mass is 254 g/mol. The highest BCUT2D eigenvalue weighted by atomic mass is 19.4. The van der Waals surface area contributed by atoms with E-state index in [1.54, 1.807) is 0 Å². The summed E-state index contributed by atoms with van der Waals surface area (Å²) in [6, 6.07) is -2.02. The van der Waals surface area contributed by atoms with Crippen molar-refractivity contribution in [2.45, 2.75) is 18.1 Å². The van der Waals surface area contributed by atoms with E-state index in [2.05, 4.69) is 9.57 Å². The fraction of sp³-hybridized carbons (Fsp3) is 0.750. The molecule has 0 aromatic carbocycles. The maximum atomic E-state index is 12.1. The summed E-state index contributed by atoms with van der Waals surface area (Å²) in [6.07, 6.45) is -12.1. The number of nitro groups is 1. The zero-order valence-electron chi connectivity index (χ0n) is 6.80. The van der Waals surface area contributed by atoms with E-state index in [4.69, 9.17) is 0 Å². The van der Waals surface area contributed by atoms with Gasteiger partial charge in [-0.3, -0.25) is 0 Å². The fourth-order valence-corrected chi connectivity index (χ4v) is 0.720. The van der Waals surface area contributed by atoms with Crippen molar-refractivity contribution < 1.29 is 40.8 Å². The van der Waals surface area contributed by atoms with Crippen molar-refractivity contribution in [3.05, 3.63) is 10.1 Å². The summed E-state index contributed by atoms with van der Waals surface area (Å²) < 4.78 is 75.6. The van der Waals surface area contributed by atoms with E-state index in [1.807, 2.05) is 5.16 Å². The highest BCUT2D eigenvalue weighted by molar-refractivity contribution is 5.65. The van der Waals surface area contributed by atoms with Crippen molar-refractivity contribution in [3.8, 4) is 0 Å². The molecule has 0 amide bonds. The van der Waals surface area contributed by atoms with E-state index in [0.717, 1.165) is 0 Å². The van der Waals surface area contributed by atoms with Gasteiger partial charge in [-0.1, -0.05) is 0 Å². The number of hydrogen-bond donors (Lipinski definition) is 0. The van der Waals surface area contributed by atoms with Crippen LogP contribution in [0.3, 0.4) is 0 Å². The molecule has 0 aromatic rings. The maximum Gasteiger partial charge on any atom is 0.585 e. The van der Waals surface area contributed by atoms with Crippen LogP contribution in [-0.2, 0) is 9.57 Å². The highest BCUT2D eigenvalue weighted by Gasteiger charge is 2.83. The van der Waals surface area contributed by atoms with Crippen LogP contribution in [-0.4, -0.2) is 29.1 Å². The smallest absolute Gasteiger partial charge is 0.359 e. The van der Waals surface area contributed by atoms with Crippen molar-refractivity contribution in [2.24, 2.45) is 5.16 Å². The SMILES string of the molecule is O=[N+]([O-])C1=NOC(C(F)(F)F)(C(F)(F)F)O1. The Morgan fingerprint density at radius 3 is 1.81 bits per heavy atom. The van der Waals surface area contributed by atoms with Gasteiger partial charge in [0.25, 0.3) is 0 Å². The molecule has 1 aliphatic heterocycles. The molecule has 92 valence electrons. The Labute approximate surface area is 81.6 Å². The molecule has 6 nitrogen and oxygen atoms in total. The lowest BCUT2D eigenvalue weighted by Gasteiger charge is -2.26. The predicted molar refractivity (Wildman–Crippen MR) is 31.4 cm³/mol. The summed E-state index contributed by atoms with van der Waals surface area (Å²) >= 11 is 0. The molecule has 0 aromatic heterocycles. The average Bonchev–Trinajstić information content (AvgIpc) is 2.44. The topological polar surface area (TPSA) is 74.0 Å². The molecule has 0 unspecified atom stereocenters. The van der Waals surface area contributed by atoms with E-state index in [9.17, 15) is 36.5 Å². The molecule has 0 saturated carbocycles. The second kappa shape index (κ2) is 3.12. The number of halogens is 6. The van der Waals surface area contributed by atoms with Crippen molar-refractivity contribution in [1.82, 2.24) is 0 Å². The van der Waals surface area contributed by atoms with Crippen LogP contribution >= 0.6 is 0 Å². The normalized spacial score (nSPS) is 19.8. The maximum absolute atomic E-state index is 12.1. The zero-order valence-corrected chi connectivity index (χ0v) is 6.80. The Kier molecular flexibility index (Phi) is 2.40. The summed E-state index contributed by atoms with van der Waals surface area (Å²) in [5.41, 5.74) is 0. The number of nitrogens with zero attached hydrogens (tertiary/aromatic N) is 2. The molecule has 0 atom stereocenters. The van der Waals surface area contributed by atoms with E-state index in [1.165, 1.54) is 0 Å². The molecule has 0 aliphatic carbocycles. The first-order chi connectivity index (χ1) is 7.01. The molecule has 1 aliphatic rings. The van der Waals surface area contributed by atoms with Gasteiger partial charge in [-0.15, -0.1) is 0 Å². The Balaban J connectivity index is 3.11. The summed E-state index contributed by atoms with van der Waals surface area (Å²) in [6.45, 7) is 0. The zero-order chi connectivity index (χ0) is 12.8. The first-order valence-electron chi connectivity index (χ1n) is 3.24. The molecular formula is C4F6N2O4. The Morgan fingerprint density at radius 2 is 1.62 bits per heavy atom. The van der Waals surface area contributed by atoms with Gasteiger partial charge in [0.05, 0.1) is 0 Å². The minimum atomic E-state index is -6.06. The van der Waals surface area contributed by atoms with Crippen LogP contribution in [0.2, 0.25) is 0 Å². The van der Waals surface area contributed by atoms with Crippen molar-refractivity contribution in [2.75, 3.05) is 0 Å². The van der Waals surface area contributed by atoms with Crippen LogP contribution in [0.1, 0.15) is 0 Å². The number of ether oxygens (including phenoxy) is 1. The van der Waals surface area contributed by atoms with Gasteiger partial charge in [0, 0.05) is 4.92 Å². The first kappa shape index (κ1) is 12.3. The lowest BCUT2D eigenvalue weighted by molar-refractivity contribution is -0.456. The lowest BCUT2D eigenvalue weighted by Crippen LogP contribution is -2.58. The molecule has 1 heterocycles. The van der Waals surface area contributed by atoms with E-state index >= 15 is 0 Å². The minimum Gasteiger partial charge on any atom is -0.359 e. The second-order valence-corrected chi connectivity index (χ2v) is 2.44. The van der Waals surface area contributed by atoms with Gasteiger partial charge in [-0.25, -0.2) is 4.84 Å². The Hall–Kier alpha value is -1.75. The molecule has 0 N–H and O–H groups in total. The standard InChI is InChI=1S/C4F6N2O4/c5-3(6,7)2(4(8,9)10)15-1(11-16-2)12(13)14. The Bertz CT molecular complexity index is 331. The molecule has 16 heavy (non-hydrogen) atoms. The molecule has 1 rings (SSSR count). The van der Waals surface area contributed by atoms with Crippen LogP contribution in [0.5, 0.6) is 0 Å². The quantitative estimate of drug-likeness (QED) is 0.372. The van der Waals surface area contributed by atoms with E-state index in [-0.39, 0.29) is 0 Å². The van der Waals surface area contributed by atoms with Crippen LogP contribution < -0.4 is 0 Å². The molecule has 0 saturated heterocycles. The van der Waals surface area contributed by atoms with Crippen LogP contribution in [0.25, 0.3) is 0 Å². The van der Waals surface area contributed by atoms with Crippen molar-refractivity contribution in [3.63, 3.8) is 0 Å². The van der Waals surface area contributed by atoms with Gasteiger partial charge in [-0.05, 0) is 0 Å². The molecule has 0 fully saturated rings. The van der Waals surface area contributed by atoms with Gasteiger partial charge in [0.1, 0.15) is 0 Å². The lowest BCUT2D eigenvalue weighted by atomic mass is 10.2. The molecular weight excluding hydrogens is 254 g/mol. The third-order valence-electron chi connectivity index (χ3n) is 1.39. The van der Waals surface area contributed by atoms with Crippen LogP contribution in [0.4, 0.5) is 26.3 Å². The molecule has 0 spiro atoms. The number of rotatable bonds is 0. The summed E-state index contributed by atoms with van der Waals surface area (Å²) in [4.78, 5) is 11.2. The Morgan fingerprint density at radius 1 is 1.19 bits per heavy atom. The molecule has 0 radical (unpaired) electrons. The van der Waals surface area contributed by atoms with Crippen molar-refractivity contribution in [1.29, 1.82) is 0 Å². The van der Waals surface area contributed by atoms with Crippen LogP contribution in [0, 0.1) is 10.1 Å². The summed E-state index contributed by atoms with van der Waals surface area (Å²) in [5, 5.41) is 11.9. The molecule has 0 bridgehead atoms. The predicted octanol–water partition coefficient (Wildman–Crippen LogP) is 1.40. The van der Waals surface area contributed by atoms with Crippen LogP contribution in [0.15, 0.2) is 5.16 Å². The number of amidine groups is 1. The van der Waals surface area contributed by atoms with Gasteiger partial charge in [-0.2, -0.15) is 26.3 Å². The largest absolute Gasteiger partial charge is 0.585 e. The minimum absolute atomic E-state index is 1.68. The summed E-state index contributed by atoms with van der Waals surface area (Å²) in [5.74, 6) is -5.12. The second-order valence-electron chi connectivity index (χ2n) is 2.44. The number of hydrogen-bond acceptors (Lipinski definition) is 5. The number of oxime groups is 1. The number of alkyl halides is 6. The fourth-order valence-electron chi connectivity index (χ4n) is 0.720. The first-order valence-corrected chi connectivity index (χ1v) is 3.24.